The van der Waals surface area contributed by atoms with Crippen LogP contribution in [0.3, 0.4) is 0 Å². The lowest BCUT2D eigenvalue weighted by Gasteiger charge is -2.18. The van der Waals surface area contributed by atoms with Crippen LogP contribution in [0.5, 0.6) is 11.5 Å². The minimum absolute atomic E-state index is 0.142. The van der Waals surface area contributed by atoms with Crippen molar-refractivity contribution in [2.45, 2.75) is 46.1 Å². The molecule has 2 amide bonds. The highest BCUT2D eigenvalue weighted by Crippen LogP contribution is 2.40. The van der Waals surface area contributed by atoms with Crippen molar-refractivity contribution in [2.75, 3.05) is 11.9 Å². The molecule has 2 aromatic carbocycles. The van der Waals surface area contributed by atoms with Crippen molar-refractivity contribution in [1.82, 2.24) is 5.43 Å². The molecule has 9 nitrogen and oxygen atoms in total. The van der Waals surface area contributed by atoms with Gasteiger partial charge in [0.1, 0.15) is 16.5 Å². The molecule has 1 heterocycles. The first-order valence-electron chi connectivity index (χ1n) is 12.8. The van der Waals surface area contributed by atoms with Gasteiger partial charge >= 0.3 is 5.97 Å². The molecule has 4 rings (SSSR count). The van der Waals surface area contributed by atoms with E-state index in [-0.39, 0.29) is 18.3 Å². The maximum atomic E-state index is 13.0. The normalized spacial score (nSPS) is 15.3. The predicted octanol–water partition coefficient (Wildman–Crippen LogP) is 4.93. The maximum absolute atomic E-state index is 13.0. The number of carbonyl (C=O) groups is 3. The Bertz CT molecular complexity index is 1360. The van der Waals surface area contributed by atoms with Crippen molar-refractivity contribution in [3.63, 3.8) is 0 Å². The van der Waals surface area contributed by atoms with Crippen LogP contribution in [0.25, 0.3) is 0 Å². The molecule has 10 heteroatoms. The summed E-state index contributed by atoms with van der Waals surface area (Å²) in [7, 11) is 0. The Morgan fingerprint density at radius 1 is 1.15 bits per heavy atom. The molecule has 0 saturated heterocycles. The van der Waals surface area contributed by atoms with E-state index in [1.807, 2.05) is 0 Å². The van der Waals surface area contributed by atoms with E-state index in [4.69, 9.17) is 9.47 Å². The summed E-state index contributed by atoms with van der Waals surface area (Å²) in [4.78, 5) is 39.2. The Morgan fingerprint density at radius 2 is 1.87 bits per heavy atom. The number of hydrogen-bond acceptors (Lipinski definition) is 8. The van der Waals surface area contributed by atoms with Crippen molar-refractivity contribution in [3.8, 4) is 11.5 Å². The van der Waals surface area contributed by atoms with E-state index in [0.29, 0.717) is 33.4 Å². The highest BCUT2D eigenvalue weighted by molar-refractivity contribution is 7.17. The zero-order chi connectivity index (χ0) is 27.9. The van der Waals surface area contributed by atoms with Crippen LogP contribution in [-0.4, -0.2) is 41.8 Å². The molecule has 0 saturated carbocycles. The molecule has 1 aromatic heterocycles. The number of nitrogens with one attached hydrogen (secondary N) is 2. The van der Waals surface area contributed by atoms with E-state index in [1.165, 1.54) is 29.7 Å². The molecular weight excluding hydrogens is 518 g/mol. The van der Waals surface area contributed by atoms with Gasteiger partial charge in [-0.15, -0.1) is 11.3 Å². The molecule has 1 aliphatic carbocycles. The van der Waals surface area contributed by atoms with Gasteiger partial charge in [-0.3, -0.25) is 9.59 Å². The van der Waals surface area contributed by atoms with Crippen molar-refractivity contribution >= 4 is 40.3 Å². The molecule has 0 fully saturated rings. The third-order valence-electron chi connectivity index (χ3n) is 6.30. The summed E-state index contributed by atoms with van der Waals surface area (Å²) in [6, 6.07) is 12.8. The Hall–Kier alpha value is -4.18. The monoisotopic (exact) mass is 549 g/mol. The van der Waals surface area contributed by atoms with Crippen LogP contribution in [0.15, 0.2) is 53.6 Å². The Morgan fingerprint density at radius 3 is 2.56 bits per heavy atom. The minimum atomic E-state index is -0.839. The number of thiophene rings is 1. The van der Waals surface area contributed by atoms with Gasteiger partial charge in [0.25, 0.3) is 11.8 Å². The predicted molar refractivity (Wildman–Crippen MR) is 150 cm³/mol. The summed E-state index contributed by atoms with van der Waals surface area (Å²) >= 11 is 1.44. The van der Waals surface area contributed by atoms with E-state index in [9.17, 15) is 19.5 Å². The number of ether oxygens (including phenoxy) is 2. The van der Waals surface area contributed by atoms with E-state index in [1.54, 1.807) is 50.2 Å². The quantitative estimate of drug-likeness (QED) is 0.198. The number of carbonyl (C=O) groups excluding carboxylic acids is 3. The summed E-state index contributed by atoms with van der Waals surface area (Å²) in [5, 5.41) is 16.6. The highest BCUT2D eigenvalue weighted by atomic mass is 32.1. The molecular formula is C29H31N3O6S. The van der Waals surface area contributed by atoms with Gasteiger partial charge in [-0.2, -0.15) is 5.10 Å². The molecule has 2 unspecified atom stereocenters. The number of hydrazone groups is 1. The average Bonchev–Trinajstić information content (AvgIpc) is 3.27. The Balaban J connectivity index is 1.37. The second-order valence-electron chi connectivity index (χ2n) is 9.34. The highest BCUT2D eigenvalue weighted by Gasteiger charge is 2.29. The Kier molecular flexibility index (Phi) is 8.98. The SMILES string of the molecule is CCOC(=O)c1c(NC(=O)c2ccc(OC(C)C(=O)N/N=C/c3ccc(O)cc3)cc2)sc2c1CCC(C)C2. The molecule has 204 valence electrons. The number of phenols is 1. The van der Waals surface area contributed by atoms with Gasteiger partial charge < -0.3 is 19.9 Å². The van der Waals surface area contributed by atoms with Crippen LogP contribution in [0.1, 0.15) is 63.9 Å². The summed E-state index contributed by atoms with van der Waals surface area (Å²) in [5.74, 6) is -0.143. The topological polar surface area (TPSA) is 126 Å². The lowest BCUT2D eigenvalue weighted by atomic mass is 9.88. The molecule has 0 radical (unpaired) electrons. The van der Waals surface area contributed by atoms with Gasteiger partial charge in [-0.25, -0.2) is 10.2 Å². The first-order chi connectivity index (χ1) is 18.7. The van der Waals surface area contributed by atoms with Crippen LogP contribution in [-0.2, 0) is 22.4 Å². The van der Waals surface area contributed by atoms with Gasteiger partial charge in [0.15, 0.2) is 6.10 Å². The Labute approximate surface area is 230 Å². The second kappa shape index (κ2) is 12.6. The standard InChI is InChI=1S/C29H31N3O6S/c1-4-37-29(36)25-23-14-5-17(2)15-24(23)39-28(25)31-27(35)20-8-12-22(13-9-20)38-18(3)26(34)32-30-16-19-6-10-21(33)11-7-19/h6-13,16-18,33H,4-5,14-15H2,1-3H3,(H,31,35)(H,32,34)/b30-16+. The first kappa shape index (κ1) is 27.8. The summed E-state index contributed by atoms with van der Waals surface area (Å²) in [6.07, 6.45) is 3.27. The van der Waals surface area contributed by atoms with Gasteiger partial charge in [0.05, 0.1) is 18.4 Å². The fraction of sp³-hybridized carbons (Fsp3) is 0.310. The molecule has 0 bridgehead atoms. The van der Waals surface area contributed by atoms with Crippen molar-refractivity contribution in [3.05, 3.63) is 75.7 Å². The summed E-state index contributed by atoms with van der Waals surface area (Å²) in [5.41, 5.74) is 4.95. The molecule has 3 aromatic rings. The van der Waals surface area contributed by atoms with Gasteiger partial charge in [-0.05, 0) is 98.7 Å². The first-order valence-corrected chi connectivity index (χ1v) is 13.6. The van der Waals surface area contributed by atoms with Crippen molar-refractivity contribution < 1.29 is 29.0 Å². The molecule has 1 aliphatic rings. The van der Waals surface area contributed by atoms with E-state index in [0.717, 1.165) is 29.7 Å². The number of hydrogen-bond donors (Lipinski definition) is 3. The molecule has 0 spiro atoms. The van der Waals surface area contributed by atoms with E-state index < -0.39 is 18.0 Å². The molecule has 39 heavy (non-hydrogen) atoms. The maximum Gasteiger partial charge on any atom is 0.341 e. The molecule has 2 atom stereocenters. The smallest absolute Gasteiger partial charge is 0.341 e. The minimum Gasteiger partial charge on any atom is -0.508 e. The fourth-order valence-electron chi connectivity index (χ4n) is 4.20. The number of esters is 1. The zero-order valence-corrected chi connectivity index (χ0v) is 22.8. The van der Waals surface area contributed by atoms with Gasteiger partial charge in [-0.1, -0.05) is 6.92 Å². The largest absolute Gasteiger partial charge is 0.508 e. The van der Waals surface area contributed by atoms with Crippen molar-refractivity contribution in [1.29, 1.82) is 0 Å². The second-order valence-corrected chi connectivity index (χ2v) is 10.4. The van der Waals surface area contributed by atoms with Crippen LogP contribution < -0.4 is 15.5 Å². The van der Waals surface area contributed by atoms with Crippen LogP contribution in [0, 0.1) is 5.92 Å². The number of phenolic OH excluding ortho intramolecular Hbond substituents is 1. The number of benzene rings is 2. The van der Waals surface area contributed by atoms with E-state index >= 15 is 0 Å². The number of amides is 2. The fourth-order valence-corrected chi connectivity index (χ4v) is 5.59. The average molecular weight is 550 g/mol. The number of fused-ring (bicyclic) bond motifs is 1. The van der Waals surface area contributed by atoms with Crippen LogP contribution in [0.2, 0.25) is 0 Å². The summed E-state index contributed by atoms with van der Waals surface area (Å²) in [6.45, 7) is 5.79. The van der Waals surface area contributed by atoms with Gasteiger partial charge in [0.2, 0.25) is 0 Å². The lowest BCUT2D eigenvalue weighted by molar-refractivity contribution is -0.127. The number of anilines is 1. The third kappa shape index (κ3) is 7.02. The van der Waals surface area contributed by atoms with Gasteiger partial charge in [0, 0.05) is 10.4 Å². The molecule has 0 aliphatic heterocycles. The third-order valence-corrected chi connectivity index (χ3v) is 7.47. The number of rotatable bonds is 9. The molecule has 3 N–H and O–H groups in total. The summed E-state index contributed by atoms with van der Waals surface area (Å²) < 4.78 is 11.0. The van der Waals surface area contributed by atoms with Crippen LogP contribution in [0.4, 0.5) is 5.00 Å². The van der Waals surface area contributed by atoms with Crippen molar-refractivity contribution in [2.24, 2.45) is 11.0 Å². The number of aromatic hydroxyl groups is 1. The number of nitrogens with zero attached hydrogens (tertiary/aromatic N) is 1. The van der Waals surface area contributed by atoms with Crippen LogP contribution >= 0.6 is 11.3 Å². The zero-order valence-electron chi connectivity index (χ0n) is 22.0. The lowest BCUT2D eigenvalue weighted by Crippen LogP contribution is -2.33. The van der Waals surface area contributed by atoms with E-state index in [2.05, 4.69) is 22.8 Å².